The van der Waals surface area contributed by atoms with Gasteiger partial charge in [0.1, 0.15) is 0 Å². The van der Waals surface area contributed by atoms with Crippen molar-refractivity contribution in [2.75, 3.05) is 6.61 Å². The predicted molar refractivity (Wildman–Crippen MR) is 38.5 cm³/mol. The standard InChI is InChI=1S/C5H8F3NO4S.Li/c1-2-3-13-4(10)9(14(11)12)5(6,7)8;/h2-3H2,1H3,(H,11,12);/q;+1/p-1. The molecule has 0 aliphatic carbocycles. The Morgan fingerprint density at radius 2 is 2.00 bits per heavy atom. The van der Waals surface area contributed by atoms with E-state index in [1.165, 1.54) is 0 Å². The second-order valence-electron chi connectivity index (χ2n) is 2.09. The van der Waals surface area contributed by atoms with Crippen LogP contribution >= 0.6 is 0 Å². The summed E-state index contributed by atoms with van der Waals surface area (Å²) >= 11 is -3.72. The van der Waals surface area contributed by atoms with E-state index in [2.05, 4.69) is 4.74 Å². The molecular weight excluding hydrogens is 234 g/mol. The first-order valence-corrected chi connectivity index (χ1v) is 4.47. The molecular formula is C5H7F3LiNO4S. The van der Waals surface area contributed by atoms with Crippen LogP contribution in [0.3, 0.4) is 0 Å². The van der Waals surface area contributed by atoms with Gasteiger partial charge in [-0.15, -0.1) is 17.5 Å². The summed E-state index contributed by atoms with van der Waals surface area (Å²) in [5.41, 5.74) is 0. The molecule has 0 radical (unpaired) electrons. The first-order valence-electron chi connectivity index (χ1n) is 3.43. The molecule has 0 spiro atoms. The number of carbonyl (C=O) groups excluding carboxylic acids is 1. The summed E-state index contributed by atoms with van der Waals surface area (Å²) in [4.78, 5) is 10.6. The van der Waals surface area contributed by atoms with Crippen molar-refractivity contribution in [3.8, 4) is 0 Å². The molecule has 0 heterocycles. The molecule has 0 bridgehead atoms. The van der Waals surface area contributed by atoms with E-state index >= 15 is 0 Å². The van der Waals surface area contributed by atoms with Crippen LogP contribution in [0, 0.1) is 0 Å². The van der Waals surface area contributed by atoms with Gasteiger partial charge in [-0.1, -0.05) is 6.92 Å². The molecule has 0 saturated heterocycles. The van der Waals surface area contributed by atoms with E-state index in [4.69, 9.17) is 0 Å². The number of carbonyl (C=O) groups is 1. The molecule has 0 saturated carbocycles. The third kappa shape index (κ3) is 6.04. The number of hydrogen-bond donors (Lipinski definition) is 0. The number of nitrogens with zero attached hydrogens (tertiary/aromatic N) is 1. The van der Waals surface area contributed by atoms with Gasteiger partial charge in [-0.2, -0.15) is 0 Å². The minimum Gasteiger partial charge on any atom is -0.755 e. The van der Waals surface area contributed by atoms with Crippen LogP contribution in [0.25, 0.3) is 0 Å². The normalized spacial score (nSPS) is 12.6. The Hall–Kier alpha value is -0.233. The molecule has 1 unspecified atom stereocenters. The van der Waals surface area contributed by atoms with Crippen molar-refractivity contribution in [1.82, 2.24) is 4.31 Å². The van der Waals surface area contributed by atoms with Crippen LogP contribution < -0.4 is 18.9 Å². The molecule has 0 aliphatic heterocycles. The van der Waals surface area contributed by atoms with Crippen LogP contribution in [0.15, 0.2) is 0 Å². The summed E-state index contributed by atoms with van der Waals surface area (Å²) in [6.45, 7) is 1.28. The van der Waals surface area contributed by atoms with Crippen molar-refractivity contribution in [3.05, 3.63) is 0 Å². The van der Waals surface area contributed by atoms with E-state index in [0.717, 1.165) is 0 Å². The zero-order chi connectivity index (χ0) is 11.4. The smallest absolute Gasteiger partial charge is 0.755 e. The van der Waals surface area contributed by atoms with Crippen LogP contribution in [-0.4, -0.2) is 32.1 Å². The topological polar surface area (TPSA) is 69.7 Å². The van der Waals surface area contributed by atoms with E-state index in [9.17, 15) is 26.7 Å². The Morgan fingerprint density at radius 3 is 2.27 bits per heavy atom. The van der Waals surface area contributed by atoms with E-state index in [0.29, 0.717) is 6.42 Å². The van der Waals surface area contributed by atoms with Crippen molar-refractivity contribution in [2.24, 2.45) is 0 Å². The number of ether oxygens (including phenoxy) is 1. The second-order valence-corrected chi connectivity index (χ2v) is 2.89. The number of rotatable bonds is 3. The monoisotopic (exact) mass is 241 g/mol. The van der Waals surface area contributed by atoms with Gasteiger partial charge in [0.25, 0.3) is 0 Å². The van der Waals surface area contributed by atoms with E-state index in [1.807, 2.05) is 0 Å². The van der Waals surface area contributed by atoms with E-state index in [-0.39, 0.29) is 25.5 Å². The zero-order valence-electron chi connectivity index (χ0n) is 8.04. The molecule has 0 aromatic rings. The molecule has 0 fully saturated rings. The van der Waals surface area contributed by atoms with Gasteiger partial charge in [-0.25, -0.2) is 4.79 Å². The number of hydrogen-bond acceptors (Lipinski definition) is 4. The fourth-order valence-electron chi connectivity index (χ4n) is 0.497. The van der Waals surface area contributed by atoms with Crippen molar-refractivity contribution in [1.29, 1.82) is 0 Å². The van der Waals surface area contributed by atoms with Crippen LogP contribution in [-0.2, 0) is 16.0 Å². The van der Waals surface area contributed by atoms with Gasteiger partial charge in [0.15, 0.2) is 0 Å². The SMILES string of the molecule is CCCOC(=O)N(S(=O)[O-])C(F)(F)F.[Li+]. The Morgan fingerprint density at radius 1 is 1.53 bits per heavy atom. The number of amides is 1. The van der Waals surface area contributed by atoms with Gasteiger partial charge in [0.2, 0.25) is 0 Å². The first-order chi connectivity index (χ1) is 6.30. The Balaban J connectivity index is 0. The Labute approximate surface area is 98.5 Å². The molecule has 10 heteroatoms. The Bertz CT molecular complexity index is 237. The van der Waals surface area contributed by atoms with Gasteiger partial charge in [0, 0.05) is 0 Å². The van der Waals surface area contributed by atoms with Gasteiger partial charge >= 0.3 is 31.3 Å². The number of halogens is 3. The largest absolute Gasteiger partial charge is 1.00 e. The Kier molecular flexibility index (Phi) is 8.14. The summed E-state index contributed by atoms with van der Waals surface area (Å²) in [7, 11) is 0. The van der Waals surface area contributed by atoms with E-state index in [1.54, 1.807) is 6.92 Å². The molecule has 0 aromatic carbocycles. The summed E-state index contributed by atoms with van der Waals surface area (Å²) in [5, 5.41) is 0. The zero-order valence-corrected chi connectivity index (χ0v) is 8.85. The maximum absolute atomic E-state index is 11.9. The molecule has 0 aromatic heterocycles. The number of alkyl halides is 3. The molecule has 5 nitrogen and oxygen atoms in total. The van der Waals surface area contributed by atoms with Gasteiger partial charge in [-0.3, -0.25) is 4.21 Å². The predicted octanol–water partition coefficient (Wildman–Crippen LogP) is -1.85. The molecule has 1 amide bonds. The van der Waals surface area contributed by atoms with Crippen molar-refractivity contribution in [3.63, 3.8) is 0 Å². The maximum atomic E-state index is 11.9. The quantitative estimate of drug-likeness (QED) is 0.330. The van der Waals surface area contributed by atoms with Gasteiger partial charge in [-0.05, 0) is 6.42 Å². The van der Waals surface area contributed by atoms with E-state index < -0.39 is 28.0 Å². The molecule has 1 atom stereocenters. The van der Waals surface area contributed by atoms with Crippen molar-refractivity contribution in [2.45, 2.75) is 19.6 Å². The van der Waals surface area contributed by atoms with Crippen LogP contribution in [0.4, 0.5) is 18.0 Å². The molecule has 0 N–H and O–H groups in total. The minimum atomic E-state index is -5.29. The summed E-state index contributed by atoms with van der Waals surface area (Å²) in [6.07, 6.45) is -6.95. The van der Waals surface area contributed by atoms with Gasteiger partial charge in [0.05, 0.1) is 17.9 Å². The molecule has 15 heavy (non-hydrogen) atoms. The first kappa shape index (κ1) is 17.2. The fourth-order valence-corrected chi connectivity index (χ4v) is 0.840. The summed E-state index contributed by atoms with van der Waals surface area (Å²) in [5.74, 6) is 0. The van der Waals surface area contributed by atoms with Crippen molar-refractivity contribution >= 4 is 17.4 Å². The molecule has 0 rings (SSSR count). The van der Waals surface area contributed by atoms with Crippen molar-refractivity contribution < 1.29 is 50.3 Å². The average Bonchev–Trinajstić information content (AvgIpc) is 1.97. The minimum absolute atomic E-state index is 0. The van der Waals surface area contributed by atoms with Gasteiger partial charge < -0.3 is 9.29 Å². The second kappa shape index (κ2) is 7.11. The molecule has 84 valence electrons. The summed E-state index contributed by atoms with van der Waals surface area (Å²) < 4.78 is 58.5. The fraction of sp³-hybridized carbons (Fsp3) is 0.800. The van der Waals surface area contributed by atoms with Crippen LogP contribution in [0.5, 0.6) is 0 Å². The third-order valence-electron chi connectivity index (χ3n) is 0.975. The summed E-state index contributed by atoms with van der Waals surface area (Å²) in [6, 6.07) is 0. The average molecular weight is 241 g/mol. The van der Waals surface area contributed by atoms with Crippen LogP contribution in [0.2, 0.25) is 0 Å². The maximum Gasteiger partial charge on any atom is 1.00 e. The van der Waals surface area contributed by atoms with Crippen LogP contribution in [0.1, 0.15) is 13.3 Å². The third-order valence-corrected chi connectivity index (χ3v) is 1.63. The molecule has 0 aliphatic rings.